The number of allylic oxidation sites excluding steroid dienone is 1. The number of hydrogen-bond donors (Lipinski definition) is 0. The molecule has 0 radical (unpaired) electrons. The van der Waals surface area contributed by atoms with Crippen molar-refractivity contribution in [3.8, 4) is 0 Å². The number of aromatic nitrogens is 1. The third-order valence-corrected chi connectivity index (χ3v) is 5.87. The van der Waals surface area contributed by atoms with E-state index in [0.29, 0.717) is 22.3 Å². The standard InChI is InChI=1S/C26H21Cl2NO/c1-2-18-7-9-19(10-8-18)13-16-24(30)25-22-5-3-4-6-23(22)29(26(25)28)17-20-11-14-21(27)15-12-20/h3-16H,2,17H2,1H3/b16-13+. The van der Waals surface area contributed by atoms with Crippen molar-refractivity contribution >= 4 is 46.0 Å². The lowest BCUT2D eigenvalue weighted by Gasteiger charge is -2.07. The largest absolute Gasteiger partial charge is 0.327 e. The first kappa shape index (κ1) is 20.5. The van der Waals surface area contributed by atoms with Gasteiger partial charge >= 0.3 is 0 Å². The number of nitrogens with zero attached hydrogens (tertiary/aromatic N) is 1. The first-order chi connectivity index (χ1) is 14.6. The van der Waals surface area contributed by atoms with Gasteiger partial charge in [0.1, 0.15) is 5.15 Å². The smallest absolute Gasteiger partial charge is 0.189 e. The van der Waals surface area contributed by atoms with Gasteiger partial charge in [-0.25, -0.2) is 0 Å². The van der Waals surface area contributed by atoms with Crippen molar-refractivity contribution in [1.82, 2.24) is 4.57 Å². The Morgan fingerprint density at radius 1 is 0.900 bits per heavy atom. The molecule has 0 aliphatic heterocycles. The molecule has 0 fully saturated rings. The SMILES string of the molecule is CCc1ccc(/C=C/C(=O)c2c(Cl)n(Cc3ccc(Cl)cc3)c3ccccc23)cc1. The number of aryl methyl sites for hydroxylation is 1. The molecular weight excluding hydrogens is 413 g/mol. The van der Waals surface area contributed by atoms with Crippen molar-refractivity contribution in [2.45, 2.75) is 19.9 Å². The van der Waals surface area contributed by atoms with Gasteiger partial charge in [-0.2, -0.15) is 0 Å². The summed E-state index contributed by atoms with van der Waals surface area (Å²) in [7, 11) is 0. The van der Waals surface area contributed by atoms with Crippen LogP contribution in [0.2, 0.25) is 10.2 Å². The summed E-state index contributed by atoms with van der Waals surface area (Å²) >= 11 is 12.7. The second kappa shape index (κ2) is 8.91. The third-order valence-electron chi connectivity index (χ3n) is 5.22. The minimum atomic E-state index is -0.106. The molecular formula is C26H21Cl2NO. The van der Waals surface area contributed by atoms with E-state index < -0.39 is 0 Å². The lowest BCUT2D eigenvalue weighted by atomic mass is 10.1. The van der Waals surface area contributed by atoms with Crippen molar-refractivity contribution in [2.75, 3.05) is 0 Å². The van der Waals surface area contributed by atoms with Crippen LogP contribution in [0.3, 0.4) is 0 Å². The summed E-state index contributed by atoms with van der Waals surface area (Å²) in [4.78, 5) is 13.1. The Hall–Kier alpha value is -2.81. The fraction of sp³-hybridized carbons (Fsp3) is 0.115. The Morgan fingerprint density at radius 3 is 2.27 bits per heavy atom. The third kappa shape index (κ3) is 4.21. The van der Waals surface area contributed by atoms with E-state index in [4.69, 9.17) is 23.2 Å². The quantitative estimate of drug-likeness (QED) is 0.228. The fourth-order valence-corrected chi connectivity index (χ4v) is 4.03. The summed E-state index contributed by atoms with van der Waals surface area (Å²) in [5, 5.41) is 1.99. The molecule has 0 N–H and O–H groups in total. The van der Waals surface area contributed by atoms with Crippen LogP contribution in [0, 0.1) is 0 Å². The summed E-state index contributed by atoms with van der Waals surface area (Å²) < 4.78 is 1.97. The molecule has 0 unspecified atom stereocenters. The number of para-hydroxylation sites is 1. The average molecular weight is 434 g/mol. The number of carbonyl (C=O) groups excluding carboxylic acids is 1. The van der Waals surface area contributed by atoms with Crippen LogP contribution in [0.15, 0.2) is 78.9 Å². The molecule has 150 valence electrons. The Balaban J connectivity index is 1.69. The Morgan fingerprint density at radius 2 is 1.57 bits per heavy atom. The monoisotopic (exact) mass is 433 g/mol. The molecule has 0 bridgehead atoms. The maximum Gasteiger partial charge on any atom is 0.189 e. The van der Waals surface area contributed by atoms with Gasteiger partial charge in [0.25, 0.3) is 0 Å². The lowest BCUT2D eigenvalue weighted by molar-refractivity contribution is 0.104. The number of ketones is 1. The van der Waals surface area contributed by atoms with Crippen LogP contribution in [-0.4, -0.2) is 10.4 Å². The van der Waals surface area contributed by atoms with Crippen molar-refractivity contribution in [3.63, 3.8) is 0 Å². The number of fused-ring (bicyclic) bond motifs is 1. The number of rotatable bonds is 6. The second-order valence-electron chi connectivity index (χ2n) is 7.19. The molecule has 0 spiro atoms. The topological polar surface area (TPSA) is 22.0 Å². The number of halogens is 2. The fourth-order valence-electron chi connectivity index (χ4n) is 3.55. The van der Waals surface area contributed by atoms with E-state index in [1.165, 1.54) is 5.56 Å². The van der Waals surface area contributed by atoms with Crippen LogP contribution >= 0.6 is 23.2 Å². The minimum Gasteiger partial charge on any atom is -0.327 e. The Labute approximate surface area is 186 Å². The molecule has 0 aliphatic carbocycles. The van der Waals surface area contributed by atoms with Crippen molar-refractivity contribution < 1.29 is 4.79 Å². The van der Waals surface area contributed by atoms with Crippen molar-refractivity contribution in [3.05, 3.63) is 111 Å². The highest BCUT2D eigenvalue weighted by atomic mass is 35.5. The van der Waals surface area contributed by atoms with Gasteiger partial charge in [-0.15, -0.1) is 0 Å². The van der Waals surface area contributed by atoms with E-state index in [1.807, 2.05) is 71.3 Å². The van der Waals surface area contributed by atoms with Crippen LogP contribution in [0.25, 0.3) is 17.0 Å². The molecule has 2 nitrogen and oxygen atoms in total. The predicted molar refractivity (Wildman–Crippen MR) is 127 cm³/mol. The zero-order chi connectivity index (χ0) is 21.1. The zero-order valence-electron chi connectivity index (χ0n) is 16.6. The van der Waals surface area contributed by atoms with Crippen LogP contribution in [-0.2, 0) is 13.0 Å². The van der Waals surface area contributed by atoms with E-state index in [9.17, 15) is 4.79 Å². The predicted octanol–water partition coefficient (Wildman–Crippen LogP) is 7.45. The van der Waals surface area contributed by atoms with Gasteiger partial charge in [0.05, 0.1) is 11.1 Å². The van der Waals surface area contributed by atoms with Gasteiger partial charge < -0.3 is 4.57 Å². The van der Waals surface area contributed by atoms with Crippen LogP contribution in [0.5, 0.6) is 0 Å². The lowest BCUT2D eigenvalue weighted by Crippen LogP contribution is -2.01. The van der Waals surface area contributed by atoms with Gasteiger partial charge in [-0.1, -0.05) is 90.8 Å². The molecule has 30 heavy (non-hydrogen) atoms. The Bertz CT molecular complexity index is 1220. The first-order valence-corrected chi connectivity index (χ1v) is 10.6. The summed E-state index contributed by atoms with van der Waals surface area (Å²) in [6.45, 7) is 2.68. The molecule has 4 rings (SSSR count). The normalized spacial score (nSPS) is 11.4. The highest BCUT2D eigenvalue weighted by Crippen LogP contribution is 2.32. The first-order valence-electron chi connectivity index (χ1n) is 9.89. The van der Waals surface area contributed by atoms with Crippen LogP contribution < -0.4 is 0 Å². The van der Waals surface area contributed by atoms with Crippen LogP contribution in [0.1, 0.15) is 34.0 Å². The zero-order valence-corrected chi connectivity index (χ0v) is 18.1. The summed E-state index contributed by atoms with van der Waals surface area (Å²) in [5.41, 5.74) is 4.78. The molecule has 4 aromatic rings. The van der Waals surface area contributed by atoms with E-state index in [1.54, 1.807) is 6.08 Å². The van der Waals surface area contributed by atoms with E-state index in [-0.39, 0.29) is 5.78 Å². The van der Waals surface area contributed by atoms with Gasteiger partial charge in [-0.05, 0) is 47.4 Å². The molecule has 4 heteroatoms. The Kier molecular flexibility index (Phi) is 6.08. The van der Waals surface area contributed by atoms with Crippen molar-refractivity contribution in [1.29, 1.82) is 0 Å². The van der Waals surface area contributed by atoms with Crippen molar-refractivity contribution in [2.24, 2.45) is 0 Å². The minimum absolute atomic E-state index is 0.106. The summed E-state index contributed by atoms with van der Waals surface area (Å²) in [6, 6.07) is 23.7. The van der Waals surface area contributed by atoms with E-state index >= 15 is 0 Å². The van der Waals surface area contributed by atoms with E-state index in [2.05, 4.69) is 19.1 Å². The maximum absolute atomic E-state index is 13.1. The number of benzene rings is 3. The van der Waals surface area contributed by atoms with Crippen LogP contribution in [0.4, 0.5) is 0 Å². The molecule has 0 atom stereocenters. The summed E-state index contributed by atoms with van der Waals surface area (Å²) in [6.07, 6.45) is 4.43. The van der Waals surface area contributed by atoms with Gasteiger partial charge in [0.15, 0.2) is 5.78 Å². The molecule has 0 saturated carbocycles. The molecule has 0 saturated heterocycles. The molecule has 1 heterocycles. The second-order valence-corrected chi connectivity index (χ2v) is 7.98. The highest BCUT2D eigenvalue weighted by Gasteiger charge is 2.19. The maximum atomic E-state index is 13.1. The molecule has 0 aliphatic rings. The molecule has 1 aromatic heterocycles. The molecule has 0 amide bonds. The molecule has 3 aromatic carbocycles. The summed E-state index contributed by atoms with van der Waals surface area (Å²) in [5.74, 6) is -0.106. The average Bonchev–Trinajstić information content (AvgIpc) is 3.05. The number of carbonyl (C=O) groups is 1. The van der Waals surface area contributed by atoms with Gasteiger partial charge in [0, 0.05) is 17.0 Å². The highest BCUT2D eigenvalue weighted by molar-refractivity contribution is 6.36. The van der Waals surface area contributed by atoms with E-state index in [0.717, 1.165) is 28.5 Å². The number of hydrogen-bond acceptors (Lipinski definition) is 1. The van der Waals surface area contributed by atoms with Gasteiger partial charge in [0.2, 0.25) is 0 Å². The van der Waals surface area contributed by atoms with Gasteiger partial charge in [-0.3, -0.25) is 4.79 Å².